The van der Waals surface area contributed by atoms with E-state index in [9.17, 15) is 9.59 Å². The van der Waals surface area contributed by atoms with Gasteiger partial charge in [-0.05, 0) is 38.3 Å². The van der Waals surface area contributed by atoms with E-state index >= 15 is 0 Å². The van der Waals surface area contributed by atoms with Crippen molar-refractivity contribution in [3.63, 3.8) is 0 Å². The minimum absolute atomic E-state index is 0.129. The second-order valence-corrected chi connectivity index (χ2v) is 5.08. The zero-order valence-corrected chi connectivity index (χ0v) is 10.0. The Morgan fingerprint density at radius 3 is 2.82 bits per heavy atom. The van der Waals surface area contributed by atoms with E-state index in [1.54, 1.807) is 4.90 Å². The number of aliphatic carboxylic acids is 1. The number of hydrogen-bond donors (Lipinski definition) is 2. The molecule has 5 nitrogen and oxygen atoms in total. The highest BCUT2D eigenvalue weighted by molar-refractivity contribution is 5.78. The highest BCUT2D eigenvalue weighted by Gasteiger charge is 2.29. The lowest BCUT2D eigenvalue weighted by Gasteiger charge is -2.31. The minimum atomic E-state index is -0.773. The molecule has 2 N–H and O–H groups in total. The Morgan fingerprint density at radius 1 is 1.35 bits per heavy atom. The van der Waals surface area contributed by atoms with E-state index in [1.165, 1.54) is 0 Å². The molecule has 0 spiro atoms. The summed E-state index contributed by atoms with van der Waals surface area (Å²) in [7, 11) is 0. The zero-order chi connectivity index (χ0) is 12.3. The van der Waals surface area contributed by atoms with Gasteiger partial charge in [0.05, 0.1) is 5.92 Å². The molecule has 0 aromatic rings. The molecule has 0 aromatic carbocycles. The third-order valence-electron chi connectivity index (χ3n) is 3.75. The van der Waals surface area contributed by atoms with Crippen LogP contribution in [0.1, 0.15) is 25.7 Å². The van der Waals surface area contributed by atoms with E-state index in [0.29, 0.717) is 25.3 Å². The number of rotatable bonds is 3. The van der Waals surface area contributed by atoms with E-state index in [1.807, 2.05) is 0 Å². The molecular weight excluding hydrogens is 220 g/mol. The first kappa shape index (κ1) is 12.4. The van der Waals surface area contributed by atoms with Gasteiger partial charge in [0.1, 0.15) is 0 Å². The summed E-state index contributed by atoms with van der Waals surface area (Å²) in [5.74, 6) is -0.572. The van der Waals surface area contributed by atoms with Gasteiger partial charge in [-0.2, -0.15) is 0 Å². The molecule has 1 unspecified atom stereocenters. The van der Waals surface area contributed by atoms with E-state index in [2.05, 4.69) is 5.32 Å². The van der Waals surface area contributed by atoms with Gasteiger partial charge in [0.15, 0.2) is 0 Å². The number of carbonyl (C=O) groups excluding carboxylic acids is 1. The molecule has 96 valence electrons. The van der Waals surface area contributed by atoms with Crippen LogP contribution in [0.5, 0.6) is 0 Å². The summed E-state index contributed by atoms with van der Waals surface area (Å²) in [5.41, 5.74) is 0. The van der Waals surface area contributed by atoms with Crippen molar-refractivity contribution < 1.29 is 14.7 Å². The van der Waals surface area contributed by atoms with Crippen LogP contribution in [0.4, 0.5) is 0 Å². The van der Waals surface area contributed by atoms with Gasteiger partial charge in [-0.15, -0.1) is 0 Å². The lowest BCUT2D eigenvalue weighted by atomic mass is 9.97. The number of likely N-dealkylation sites (tertiary alicyclic amines) is 1. The average molecular weight is 240 g/mol. The number of hydrogen-bond acceptors (Lipinski definition) is 3. The Balaban J connectivity index is 1.83. The van der Waals surface area contributed by atoms with Crippen LogP contribution in [0.15, 0.2) is 0 Å². The van der Waals surface area contributed by atoms with Gasteiger partial charge in [-0.25, -0.2) is 0 Å². The lowest BCUT2D eigenvalue weighted by Crippen LogP contribution is -2.42. The Labute approximate surface area is 101 Å². The molecule has 2 heterocycles. The highest BCUT2D eigenvalue weighted by Crippen LogP contribution is 2.20. The molecule has 0 aromatic heterocycles. The summed E-state index contributed by atoms with van der Waals surface area (Å²) >= 11 is 0. The molecular formula is C12H20N2O3. The van der Waals surface area contributed by atoms with Crippen molar-refractivity contribution in [2.75, 3.05) is 26.2 Å². The van der Waals surface area contributed by atoms with Gasteiger partial charge in [0, 0.05) is 19.5 Å². The van der Waals surface area contributed by atoms with Crippen LogP contribution in [0, 0.1) is 11.8 Å². The number of amides is 1. The van der Waals surface area contributed by atoms with Crippen LogP contribution < -0.4 is 5.32 Å². The van der Waals surface area contributed by atoms with Crippen LogP contribution in [-0.2, 0) is 9.59 Å². The van der Waals surface area contributed by atoms with Crippen LogP contribution >= 0.6 is 0 Å². The fraction of sp³-hybridized carbons (Fsp3) is 0.833. The number of carboxylic acids is 1. The fourth-order valence-corrected chi connectivity index (χ4v) is 2.67. The summed E-state index contributed by atoms with van der Waals surface area (Å²) in [4.78, 5) is 24.7. The molecule has 2 fully saturated rings. The number of carboxylic acid groups (broad SMARTS) is 1. The van der Waals surface area contributed by atoms with Crippen LogP contribution in [-0.4, -0.2) is 48.1 Å². The molecule has 2 aliphatic rings. The van der Waals surface area contributed by atoms with Crippen molar-refractivity contribution in [1.82, 2.24) is 10.2 Å². The standard InChI is InChI=1S/C12H20N2O3/c15-11(6-9-3-4-13-7-9)14-5-1-2-10(8-14)12(16)17/h9-10,13H,1-8H2,(H,16,17)/t9?,10-/m0/s1. The van der Waals surface area contributed by atoms with Gasteiger partial charge in [-0.1, -0.05) is 0 Å². The smallest absolute Gasteiger partial charge is 0.308 e. The molecule has 5 heteroatoms. The van der Waals surface area contributed by atoms with Crippen LogP contribution in [0.2, 0.25) is 0 Å². The topological polar surface area (TPSA) is 69.6 Å². The molecule has 2 rings (SSSR count). The van der Waals surface area contributed by atoms with Gasteiger partial charge >= 0.3 is 5.97 Å². The minimum Gasteiger partial charge on any atom is -0.481 e. The SMILES string of the molecule is O=C(O)[C@H]1CCCN(C(=O)CC2CCNC2)C1. The second-order valence-electron chi connectivity index (χ2n) is 5.08. The van der Waals surface area contributed by atoms with Gasteiger partial charge < -0.3 is 15.3 Å². The van der Waals surface area contributed by atoms with Gasteiger partial charge in [0.25, 0.3) is 0 Å². The molecule has 0 radical (unpaired) electrons. The van der Waals surface area contributed by atoms with Gasteiger partial charge in [0.2, 0.25) is 5.91 Å². The first-order chi connectivity index (χ1) is 8.16. The Bertz CT molecular complexity index is 300. The monoisotopic (exact) mass is 240 g/mol. The van der Waals surface area contributed by atoms with Crippen LogP contribution in [0.25, 0.3) is 0 Å². The summed E-state index contributed by atoms with van der Waals surface area (Å²) in [6, 6.07) is 0. The normalized spacial score (nSPS) is 29.3. The van der Waals surface area contributed by atoms with Crippen molar-refractivity contribution in [3.8, 4) is 0 Å². The second kappa shape index (κ2) is 5.49. The Morgan fingerprint density at radius 2 is 2.18 bits per heavy atom. The summed E-state index contributed by atoms with van der Waals surface area (Å²) in [6.45, 7) is 3.04. The maximum atomic E-state index is 12.0. The van der Waals surface area contributed by atoms with Crippen molar-refractivity contribution in [3.05, 3.63) is 0 Å². The number of nitrogens with zero attached hydrogens (tertiary/aromatic N) is 1. The van der Waals surface area contributed by atoms with Crippen molar-refractivity contribution >= 4 is 11.9 Å². The molecule has 0 bridgehead atoms. The third kappa shape index (κ3) is 3.19. The third-order valence-corrected chi connectivity index (χ3v) is 3.75. The van der Waals surface area contributed by atoms with Crippen molar-refractivity contribution in [2.24, 2.45) is 11.8 Å². The predicted molar refractivity (Wildman–Crippen MR) is 62.5 cm³/mol. The number of nitrogens with one attached hydrogen (secondary N) is 1. The molecule has 1 amide bonds. The maximum Gasteiger partial charge on any atom is 0.308 e. The van der Waals surface area contributed by atoms with E-state index in [-0.39, 0.29) is 11.8 Å². The summed E-state index contributed by atoms with van der Waals surface area (Å²) in [6.07, 6.45) is 3.14. The maximum absolute atomic E-state index is 12.0. The largest absolute Gasteiger partial charge is 0.481 e. The fourth-order valence-electron chi connectivity index (χ4n) is 2.67. The average Bonchev–Trinajstić information content (AvgIpc) is 2.82. The quantitative estimate of drug-likeness (QED) is 0.745. The summed E-state index contributed by atoms with van der Waals surface area (Å²) < 4.78 is 0. The van der Waals surface area contributed by atoms with Gasteiger partial charge in [-0.3, -0.25) is 9.59 Å². The first-order valence-electron chi connectivity index (χ1n) is 6.38. The zero-order valence-electron chi connectivity index (χ0n) is 10.0. The lowest BCUT2D eigenvalue weighted by molar-refractivity contribution is -0.145. The van der Waals surface area contributed by atoms with Crippen LogP contribution in [0.3, 0.4) is 0 Å². The van der Waals surface area contributed by atoms with E-state index < -0.39 is 5.97 Å². The van der Waals surface area contributed by atoms with E-state index in [0.717, 1.165) is 32.5 Å². The molecule has 2 saturated heterocycles. The molecule has 2 atom stereocenters. The highest BCUT2D eigenvalue weighted by atomic mass is 16.4. The first-order valence-corrected chi connectivity index (χ1v) is 6.38. The number of carbonyl (C=O) groups is 2. The molecule has 2 aliphatic heterocycles. The molecule has 0 saturated carbocycles. The predicted octanol–water partition coefficient (Wildman–Crippen LogP) is 0.309. The Kier molecular flexibility index (Phi) is 3.99. The molecule has 17 heavy (non-hydrogen) atoms. The van der Waals surface area contributed by atoms with Crippen molar-refractivity contribution in [1.29, 1.82) is 0 Å². The van der Waals surface area contributed by atoms with Crippen molar-refractivity contribution in [2.45, 2.75) is 25.7 Å². The summed E-state index contributed by atoms with van der Waals surface area (Å²) in [5, 5.41) is 12.2. The number of piperidine rings is 1. The Hall–Kier alpha value is -1.10. The molecule has 0 aliphatic carbocycles. The van der Waals surface area contributed by atoms with E-state index in [4.69, 9.17) is 5.11 Å².